The van der Waals surface area contributed by atoms with E-state index < -0.39 is 0 Å². The predicted octanol–water partition coefficient (Wildman–Crippen LogP) is 1.19. The number of aromatic amines is 1. The smallest absolute Gasteiger partial charge is 0.260 e. The highest BCUT2D eigenvalue weighted by Gasteiger charge is 2.05. The van der Waals surface area contributed by atoms with Crippen LogP contribution in [0, 0.1) is 0 Å². The van der Waals surface area contributed by atoms with Crippen LogP contribution in [-0.4, -0.2) is 15.1 Å². The van der Waals surface area contributed by atoms with Gasteiger partial charge in [0, 0.05) is 12.3 Å². The van der Waals surface area contributed by atoms with Gasteiger partial charge in [-0.3, -0.25) is 4.79 Å². The Balaban J connectivity index is 2.47. The second-order valence-electron chi connectivity index (χ2n) is 2.31. The van der Waals surface area contributed by atoms with Crippen molar-refractivity contribution in [3.05, 3.63) is 33.4 Å². The number of aromatic nitrogens is 3. The lowest BCUT2D eigenvalue weighted by Crippen LogP contribution is -2.01. The molecule has 6 heteroatoms. The fraction of sp³-hybridized carbons (Fsp3) is 0. The molecule has 0 aromatic carbocycles. The molecule has 13 heavy (non-hydrogen) atoms. The first kappa shape index (κ1) is 8.18. The van der Waals surface area contributed by atoms with E-state index >= 15 is 0 Å². The second-order valence-corrected chi connectivity index (χ2v) is 3.02. The highest BCUT2D eigenvalue weighted by atomic mass is 79.9. The van der Waals surface area contributed by atoms with E-state index in [0.717, 1.165) is 0 Å². The molecular weight excluding hydrogens is 238 g/mol. The lowest BCUT2D eigenvalue weighted by atomic mass is 10.3. The molecule has 1 N–H and O–H groups in total. The summed E-state index contributed by atoms with van der Waals surface area (Å²) >= 11 is 3.06. The fourth-order valence-electron chi connectivity index (χ4n) is 0.866. The van der Waals surface area contributed by atoms with Crippen molar-refractivity contribution in [1.29, 1.82) is 0 Å². The number of nitrogens with zero attached hydrogens (tertiary/aromatic N) is 2. The lowest BCUT2D eigenvalue weighted by molar-refractivity contribution is 0.426. The zero-order valence-electron chi connectivity index (χ0n) is 6.32. The van der Waals surface area contributed by atoms with Gasteiger partial charge in [0.2, 0.25) is 10.3 Å². The summed E-state index contributed by atoms with van der Waals surface area (Å²) in [6.07, 6.45) is 1.52. The molecule has 0 bridgehead atoms. The molecule has 0 atom stereocenters. The van der Waals surface area contributed by atoms with E-state index in [9.17, 15) is 4.79 Å². The summed E-state index contributed by atoms with van der Waals surface area (Å²) in [6.45, 7) is 0. The van der Waals surface area contributed by atoms with E-state index in [4.69, 9.17) is 4.52 Å². The Morgan fingerprint density at radius 2 is 2.31 bits per heavy atom. The molecule has 5 nitrogen and oxygen atoms in total. The number of nitrogens with one attached hydrogen (secondary N) is 1. The molecule has 0 saturated heterocycles. The third-order valence-electron chi connectivity index (χ3n) is 1.43. The van der Waals surface area contributed by atoms with Gasteiger partial charge in [0.15, 0.2) is 0 Å². The summed E-state index contributed by atoms with van der Waals surface area (Å²) in [5, 5.41) is 3.55. The molecule has 2 aromatic rings. The van der Waals surface area contributed by atoms with Gasteiger partial charge in [0.05, 0.1) is 5.56 Å². The van der Waals surface area contributed by atoms with Crippen molar-refractivity contribution in [2.24, 2.45) is 0 Å². The van der Waals surface area contributed by atoms with Crippen LogP contribution in [0.1, 0.15) is 0 Å². The Hall–Kier alpha value is -1.43. The molecule has 0 aliphatic heterocycles. The summed E-state index contributed by atoms with van der Waals surface area (Å²) < 4.78 is 5.24. The first-order valence-corrected chi connectivity index (χ1v) is 4.23. The highest BCUT2D eigenvalue weighted by Crippen LogP contribution is 2.16. The van der Waals surface area contributed by atoms with Crippen LogP contribution in [0.15, 0.2) is 32.4 Å². The quantitative estimate of drug-likeness (QED) is 0.815. The molecule has 0 spiro atoms. The van der Waals surface area contributed by atoms with Crippen LogP contribution >= 0.6 is 15.9 Å². The Labute approximate surface area is 80.9 Å². The van der Waals surface area contributed by atoms with E-state index in [0.29, 0.717) is 16.2 Å². The third kappa shape index (κ3) is 1.67. The monoisotopic (exact) mass is 241 g/mol. The Bertz CT molecular complexity index is 456. The molecule has 2 rings (SSSR count). The van der Waals surface area contributed by atoms with Crippen molar-refractivity contribution in [2.75, 3.05) is 0 Å². The Morgan fingerprint density at radius 3 is 2.85 bits per heavy atom. The Kier molecular flexibility index (Phi) is 1.97. The van der Waals surface area contributed by atoms with E-state index in [2.05, 4.69) is 31.1 Å². The molecule has 0 saturated carbocycles. The van der Waals surface area contributed by atoms with Gasteiger partial charge >= 0.3 is 0 Å². The highest BCUT2D eigenvalue weighted by molar-refractivity contribution is 9.10. The van der Waals surface area contributed by atoms with E-state index in [1.165, 1.54) is 12.3 Å². The largest absolute Gasteiger partial charge is 0.333 e. The van der Waals surface area contributed by atoms with E-state index in [-0.39, 0.29) is 5.56 Å². The molecule has 0 fully saturated rings. The number of hydrogen-bond acceptors (Lipinski definition) is 4. The third-order valence-corrected chi connectivity index (χ3v) is 1.75. The van der Waals surface area contributed by atoms with Crippen LogP contribution in [0.5, 0.6) is 0 Å². The van der Waals surface area contributed by atoms with Crippen LogP contribution in [-0.2, 0) is 0 Å². The van der Waals surface area contributed by atoms with Gasteiger partial charge in [-0.25, -0.2) is 0 Å². The molecule has 66 valence electrons. The first-order valence-electron chi connectivity index (χ1n) is 3.44. The van der Waals surface area contributed by atoms with Crippen molar-refractivity contribution in [3.63, 3.8) is 0 Å². The maximum Gasteiger partial charge on any atom is 0.260 e. The molecular formula is C7H4BrN3O2. The molecule has 0 unspecified atom stereocenters. The first-order chi connectivity index (χ1) is 6.25. The SMILES string of the molecule is O=c1ccc(-c2nc(Br)no2)c[nH]1. The number of H-pyrrole nitrogens is 1. The minimum absolute atomic E-state index is 0.165. The molecule has 0 amide bonds. The average molecular weight is 242 g/mol. The summed E-state index contributed by atoms with van der Waals surface area (Å²) in [7, 11) is 0. The molecule has 2 aromatic heterocycles. The van der Waals surface area contributed by atoms with E-state index in [1.54, 1.807) is 6.07 Å². The zero-order valence-corrected chi connectivity index (χ0v) is 7.91. The van der Waals surface area contributed by atoms with Crippen molar-refractivity contribution < 1.29 is 4.52 Å². The normalized spacial score (nSPS) is 10.2. The molecule has 2 heterocycles. The lowest BCUT2D eigenvalue weighted by Gasteiger charge is -1.89. The van der Waals surface area contributed by atoms with Crippen LogP contribution in [0.2, 0.25) is 0 Å². The zero-order chi connectivity index (χ0) is 9.26. The van der Waals surface area contributed by atoms with Crippen molar-refractivity contribution in [3.8, 4) is 11.5 Å². The van der Waals surface area contributed by atoms with Gasteiger partial charge in [-0.05, 0) is 27.2 Å². The van der Waals surface area contributed by atoms with Gasteiger partial charge < -0.3 is 9.51 Å². The topological polar surface area (TPSA) is 71.8 Å². The van der Waals surface area contributed by atoms with Gasteiger partial charge in [-0.2, -0.15) is 4.98 Å². The maximum atomic E-state index is 10.7. The number of hydrogen-bond donors (Lipinski definition) is 1. The summed E-state index contributed by atoms with van der Waals surface area (Å²) in [5.41, 5.74) is 0.514. The average Bonchev–Trinajstić information content (AvgIpc) is 2.53. The summed E-state index contributed by atoms with van der Waals surface area (Å²) in [5.74, 6) is 0.364. The number of halogens is 1. The summed E-state index contributed by atoms with van der Waals surface area (Å²) in [4.78, 5) is 17.2. The minimum atomic E-state index is -0.165. The molecule has 0 aliphatic carbocycles. The standard InChI is InChI=1S/C7H4BrN3O2/c8-7-10-6(13-11-7)4-1-2-5(12)9-3-4/h1-3H,(H,9,12). The van der Waals surface area contributed by atoms with Crippen LogP contribution in [0.4, 0.5) is 0 Å². The minimum Gasteiger partial charge on any atom is -0.333 e. The van der Waals surface area contributed by atoms with Crippen molar-refractivity contribution >= 4 is 15.9 Å². The summed E-state index contributed by atoms with van der Waals surface area (Å²) in [6, 6.07) is 3.01. The van der Waals surface area contributed by atoms with Gasteiger partial charge in [-0.1, -0.05) is 0 Å². The maximum absolute atomic E-state index is 10.7. The Morgan fingerprint density at radius 1 is 1.46 bits per heavy atom. The van der Waals surface area contributed by atoms with Crippen LogP contribution in [0.25, 0.3) is 11.5 Å². The molecule has 0 aliphatic rings. The van der Waals surface area contributed by atoms with E-state index in [1.807, 2.05) is 0 Å². The van der Waals surface area contributed by atoms with Gasteiger partial charge in [0.25, 0.3) is 5.89 Å². The second kappa shape index (κ2) is 3.14. The fourth-order valence-corrected chi connectivity index (χ4v) is 1.10. The van der Waals surface area contributed by atoms with Gasteiger partial charge in [0.1, 0.15) is 0 Å². The van der Waals surface area contributed by atoms with Crippen molar-refractivity contribution in [2.45, 2.75) is 0 Å². The van der Waals surface area contributed by atoms with Crippen LogP contribution in [0.3, 0.4) is 0 Å². The number of pyridine rings is 1. The number of rotatable bonds is 1. The predicted molar refractivity (Wildman–Crippen MR) is 48.1 cm³/mol. The van der Waals surface area contributed by atoms with Crippen LogP contribution < -0.4 is 5.56 Å². The van der Waals surface area contributed by atoms with Gasteiger partial charge in [-0.15, -0.1) is 0 Å². The van der Waals surface area contributed by atoms with Crippen molar-refractivity contribution in [1.82, 2.24) is 15.1 Å². The molecule has 0 radical (unpaired) electrons.